The van der Waals surface area contributed by atoms with Gasteiger partial charge in [-0.05, 0) is 13.0 Å². The first-order valence-corrected chi connectivity index (χ1v) is 6.85. The van der Waals surface area contributed by atoms with Gasteiger partial charge >= 0.3 is 0 Å². The Morgan fingerprint density at radius 3 is 2.59 bits per heavy atom. The van der Waals surface area contributed by atoms with Crippen molar-refractivity contribution in [1.29, 1.82) is 0 Å². The van der Waals surface area contributed by atoms with Crippen LogP contribution in [0.15, 0.2) is 47.8 Å². The molecule has 1 amide bonds. The van der Waals surface area contributed by atoms with E-state index in [4.69, 9.17) is 5.73 Å². The van der Waals surface area contributed by atoms with Crippen LogP contribution in [0.4, 0.5) is 0 Å². The van der Waals surface area contributed by atoms with E-state index in [1.54, 1.807) is 36.8 Å². The summed E-state index contributed by atoms with van der Waals surface area (Å²) in [5.74, 6) is -0.454. The minimum Gasteiger partial charge on any atom is -0.411 e. The van der Waals surface area contributed by atoms with E-state index < -0.39 is 0 Å². The number of aromatic amines is 1. The summed E-state index contributed by atoms with van der Waals surface area (Å²) in [6, 6.07) is 8.75. The number of carbonyl (C=O) groups excluding carboxylic acids is 1. The normalized spacial score (nSPS) is 10.0. The van der Waals surface area contributed by atoms with Gasteiger partial charge in [-0.25, -0.2) is 4.98 Å². The number of nitrogens with zero attached hydrogens (tertiary/aromatic N) is 2. The van der Waals surface area contributed by atoms with Crippen LogP contribution in [0.25, 0.3) is 5.73 Å². The Morgan fingerprint density at radius 1 is 1.32 bits per heavy atom. The molecule has 0 bridgehead atoms. The predicted octanol–water partition coefficient (Wildman–Crippen LogP) is 2.81. The molecular weight excluding hydrogens is 355 g/mol. The van der Waals surface area contributed by atoms with Gasteiger partial charge in [-0.1, -0.05) is 44.2 Å². The fraction of sp³-hybridized carbons (Fsp3) is 0.267. The summed E-state index contributed by atoms with van der Waals surface area (Å²) < 4.78 is 0. The number of aliphatic imine (C=N–C) groups is 1. The molecule has 1 aromatic heterocycles. The van der Waals surface area contributed by atoms with Gasteiger partial charge in [0, 0.05) is 56.1 Å². The Hall–Kier alpha value is -1.53. The summed E-state index contributed by atoms with van der Waals surface area (Å²) in [6.07, 6.45) is 3.96. The van der Waals surface area contributed by atoms with E-state index in [9.17, 15) is 4.79 Å². The van der Waals surface area contributed by atoms with Gasteiger partial charge in [-0.2, -0.15) is 0 Å². The molecule has 1 aromatic carbocycles. The first kappa shape index (κ1) is 20.5. The molecule has 0 unspecified atom stereocenters. The summed E-state index contributed by atoms with van der Waals surface area (Å²) >= 11 is 0. The Labute approximate surface area is 155 Å². The second kappa shape index (κ2) is 12.1. The zero-order valence-electron chi connectivity index (χ0n) is 12.8. The van der Waals surface area contributed by atoms with Gasteiger partial charge in [0.1, 0.15) is 0 Å². The molecule has 115 valence electrons. The summed E-state index contributed by atoms with van der Waals surface area (Å²) in [6.45, 7) is 4.43. The van der Waals surface area contributed by atoms with Crippen LogP contribution < -0.4 is 5.32 Å². The fourth-order valence-electron chi connectivity index (χ4n) is 1.52. The number of rotatable bonds is 4. The van der Waals surface area contributed by atoms with E-state index in [2.05, 4.69) is 20.3 Å². The largest absolute Gasteiger partial charge is 0.411 e. The molecule has 7 heteroatoms. The predicted molar refractivity (Wildman–Crippen MR) is 84.2 cm³/mol. The number of H-pyrrole nitrogens is 1. The summed E-state index contributed by atoms with van der Waals surface area (Å²) in [5.41, 5.74) is 9.03. The summed E-state index contributed by atoms with van der Waals surface area (Å²) in [5, 5.41) is 2.43. The molecule has 0 atom stereocenters. The number of hydrogen-bond donors (Lipinski definition) is 2. The molecule has 0 aliphatic rings. The van der Waals surface area contributed by atoms with Crippen LogP contribution in [0, 0.1) is 0 Å². The fourth-order valence-corrected chi connectivity index (χ4v) is 1.52. The second-order valence-corrected chi connectivity index (χ2v) is 3.88. The maximum absolute atomic E-state index is 11.7. The van der Waals surface area contributed by atoms with Crippen LogP contribution in [0.5, 0.6) is 0 Å². The van der Waals surface area contributed by atoms with Crippen molar-refractivity contribution in [2.24, 2.45) is 4.99 Å². The Kier molecular flexibility index (Phi) is 11.2. The number of benzene rings is 1. The molecule has 1 radical (unpaired) electrons. The Morgan fingerprint density at radius 2 is 2.00 bits per heavy atom. The Bertz CT molecular complexity index is 555. The zero-order valence-corrected chi connectivity index (χ0v) is 15.7. The quantitative estimate of drug-likeness (QED) is 0.635. The van der Waals surface area contributed by atoms with Crippen LogP contribution >= 0.6 is 0 Å². The molecule has 2 rings (SSSR count). The number of aromatic nitrogens is 2. The molecule has 0 aliphatic heterocycles. The third-order valence-electron chi connectivity index (χ3n) is 2.47. The molecule has 0 aliphatic carbocycles. The molecule has 0 fully saturated rings. The van der Waals surface area contributed by atoms with Crippen LogP contribution in [0.1, 0.15) is 29.9 Å². The van der Waals surface area contributed by atoms with Gasteiger partial charge in [0.25, 0.3) is 0 Å². The zero-order chi connectivity index (χ0) is 15.5. The molecule has 2 aromatic rings. The van der Waals surface area contributed by atoms with Crippen LogP contribution in [0.2, 0.25) is 0 Å². The number of hydrogen-bond acceptors (Lipinski definition) is 3. The number of amides is 1. The molecule has 6 nitrogen and oxygen atoms in total. The van der Waals surface area contributed by atoms with E-state index in [-0.39, 0.29) is 44.6 Å². The topological polar surface area (TPSA) is 93.9 Å². The third kappa shape index (κ3) is 7.47. The minimum absolute atomic E-state index is 0. The van der Waals surface area contributed by atoms with Crippen molar-refractivity contribution in [3.05, 3.63) is 59.8 Å². The van der Waals surface area contributed by atoms with E-state index in [0.717, 1.165) is 5.69 Å². The first-order chi connectivity index (χ1) is 10.3. The number of guanidine groups is 1. The SMILES string of the molecule is CC.[NH-]C(=NCCc1cnc[nH]1)NC(=O)c1ccccc1.[Y]. The monoisotopic (exact) mass is 375 g/mol. The van der Waals surface area contributed by atoms with Gasteiger partial charge in [0.15, 0.2) is 0 Å². The van der Waals surface area contributed by atoms with Crippen molar-refractivity contribution < 1.29 is 37.5 Å². The standard InChI is InChI=1S/C13H15N5O.C2H6.Y/c14-13(16-7-6-11-8-15-9-17-11)18-12(19)10-4-2-1-3-5-10;1-2;/h1-5,8-9H,6-7H2,(H4,14,15,16,17,18,19);1-2H3;/p-1. The van der Waals surface area contributed by atoms with E-state index in [0.29, 0.717) is 18.5 Å². The van der Waals surface area contributed by atoms with Crippen LogP contribution in [-0.2, 0) is 39.1 Å². The summed E-state index contributed by atoms with van der Waals surface area (Å²) in [7, 11) is 0. The van der Waals surface area contributed by atoms with Crippen molar-refractivity contribution in [2.45, 2.75) is 20.3 Å². The summed E-state index contributed by atoms with van der Waals surface area (Å²) in [4.78, 5) is 22.5. The van der Waals surface area contributed by atoms with Crippen molar-refractivity contribution in [1.82, 2.24) is 15.3 Å². The molecule has 0 saturated heterocycles. The maximum atomic E-state index is 11.7. The smallest absolute Gasteiger partial charge is 0.201 e. The first-order valence-electron chi connectivity index (χ1n) is 6.85. The van der Waals surface area contributed by atoms with E-state index >= 15 is 0 Å². The third-order valence-corrected chi connectivity index (χ3v) is 2.47. The van der Waals surface area contributed by atoms with Crippen molar-refractivity contribution in [2.75, 3.05) is 6.54 Å². The molecule has 0 saturated carbocycles. The minimum atomic E-state index is -0.323. The second-order valence-electron chi connectivity index (χ2n) is 3.88. The number of imidazole rings is 1. The number of carbonyl (C=O) groups is 1. The van der Waals surface area contributed by atoms with Crippen LogP contribution in [-0.4, -0.2) is 28.4 Å². The average molecular weight is 375 g/mol. The van der Waals surface area contributed by atoms with Crippen molar-refractivity contribution >= 4 is 11.9 Å². The Balaban J connectivity index is 0.00000141. The molecule has 22 heavy (non-hydrogen) atoms. The van der Waals surface area contributed by atoms with Gasteiger partial charge in [-0.15, -0.1) is 0 Å². The van der Waals surface area contributed by atoms with Crippen LogP contribution in [0.3, 0.4) is 0 Å². The van der Waals surface area contributed by atoms with E-state index in [1.807, 2.05) is 19.9 Å². The van der Waals surface area contributed by atoms with Gasteiger partial charge in [0.2, 0.25) is 5.91 Å². The van der Waals surface area contributed by atoms with Gasteiger partial charge in [0.05, 0.1) is 6.33 Å². The van der Waals surface area contributed by atoms with Crippen molar-refractivity contribution in [3.63, 3.8) is 0 Å². The van der Waals surface area contributed by atoms with E-state index in [1.165, 1.54) is 0 Å². The molecular formula is C15H20N5OY-. The molecule has 0 spiro atoms. The molecule has 3 N–H and O–H groups in total. The van der Waals surface area contributed by atoms with Gasteiger partial charge in [-0.3, -0.25) is 4.79 Å². The maximum Gasteiger partial charge on any atom is 0.201 e. The number of nitrogens with one attached hydrogen (secondary N) is 3. The van der Waals surface area contributed by atoms with Gasteiger partial charge < -0.3 is 21.0 Å². The molecule has 1 heterocycles. The van der Waals surface area contributed by atoms with Crippen molar-refractivity contribution in [3.8, 4) is 0 Å². The average Bonchev–Trinajstić information content (AvgIpc) is 3.03.